The zero-order valence-electron chi connectivity index (χ0n) is 8.09. The molecular weight excluding hydrogens is 240 g/mol. The Morgan fingerprint density at radius 3 is 1.73 bits per heavy atom. The Balaban J connectivity index is 3.91. The molecule has 0 aromatic rings. The summed E-state index contributed by atoms with van der Waals surface area (Å²) < 4.78 is 9.30. The molecule has 1 N–H and O–H groups in total. The molecule has 0 saturated carbocycles. The number of esters is 2. The van der Waals surface area contributed by atoms with Crippen molar-refractivity contribution >= 4 is 37.2 Å². The highest BCUT2D eigenvalue weighted by Gasteiger charge is 2.16. The van der Waals surface area contributed by atoms with Gasteiger partial charge in [0.05, 0.1) is 12.8 Å². The number of carbonyl (C=O) groups excluding carboxylic acids is 2. The van der Waals surface area contributed by atoms with Crippen molar-refractivity contribution in [3.63, 3.8) is 0 Å². The van der Waals surface area contributed by atoms with Crippen molar-refractivity contribution in [3.8, 4) is 0 Å². The molecule has 0 aliphatic heterocycles. The maximum absolute atomic E-state index is 11.0. The third-order valence-corrected chi connectivity index (χ3v) is 1.75. The second kappa shape index (κ2) is 8.87. The fourth-order valence-corrected chi connectivity index (χ4v) is 1.06. The summed E-state index contributed by atoms with van der Waals surface area (Å²) >= 11 is 7.67. The van der Waals surface area contributed by atoms with Crippen LogP contribution in [0.2, 0.25) is 0 Å². The van der Waals surface area contributed by atoms with E-state index in [0.29, 0.717) is 11.5 Å². The van der Waals surface area contributed by atoms with Crippen LogP contribution in [0.4, 0.5) is 0 Å². The summed E-state index contributed by atoms with van der Waals surface area (Å²) in [6.45, 7) is -0.559. The maximum Gasteiger partial charge on any atom is 0.309 e. The Kier molecular flexibility index (Phi) is 8.64. The Hall–Kier alpha value is -0.400. The van der Waals surface area contributed by atoms with E-state index in [9.17, 15) is 9.59 Å². The third-order valence-electron chi connectivity index (χ3n) is 1.31. The summed E-state index contributed by atoms with van der Waals surface area (Å²) in [6.07, 6.45) is -1.03. The summed E-state index contributed by atoms with van der Waals surface area (Å²) in [7, 11) is 0. The van der Waals surface area contributed by atoms with E-state index in [4.69, 9.17) is 5.11 Å². The number of rotatable bonds is 7. The number of ether oxygens (including phenoxy) is 2. The van der Waals surface area contributed by atoms with Crippen LogP contribution in [0.3, 0.4) is 0 Å². The number of hydrogen-bond acceptors (Lipinski definition) is 7. The van der Waals surface area contributed by atoms with Gasteiger partial charge >= 0.3 is 11.9 Å². The lowest BCUT2D eigenvalue weighted by Crippen LogP contribution is -2.28. The van der Waals surface area contributed by atoms with Crippen LogP contribution < -0.4 is 0 Å². The largest absolute Gasteiger partial charge is 0.423 e. The molecule has 0 amide bonds. The molecule has 0 heterocycles. The lowest BCUT2D eigenvalue weighted by Gasteiger charge is -2.15. The van der Waals surface area contributed by atoms with Crippen molar-refractivity contribution in [1.82, 2.24) is 0 Å². The molecule has 0 spiro atoms. The fraction of sp³-hybridized carbons (Fsp3) is 0.750. The van der Waals surface area contributed by atoms with Crippen LogP contribution in [0.1, 0.15) is 12.8 Å². The number of carbonyl (C=O) groups is 2. The standard InChI is InChI=1S/C8H14O5S2/c9-5-8(12-6(10)1-3-14)13-7(11)2-4-15/h8-9,14-15H,1-5H2. The molecular formula is C8H14O5S2. The van der Waals surface area contributed by atoms with Gasteiger partial charge in [-0.05, 0) is 0 Å². The zero-order valence-corrected chi connectivity index (χ0v) is 9.88. The predicted molar refractivity (Wildman–Crippen MR) is 60.0 cm³/mol. The molecule has 0 saturated heterocycles. The maximum atomic E-state index is 11.0. The number of aliphatic hydroxyl groups excluding tert-OH is 1. The lowest BCUT2D eigenvalue weighted by molar-refractivity contribution is -0.193. The molecule has 15 heavy (non-hydrogen) atoms. The van der Waals surface area contributed by atoms with Crippen LogP contribution in [-0.2, 0) is 19.1 Å². The fourth-order valence-electron chi connectivity index (χ4n) is 0.692. The first-order valence-electron chi connectivity index (χ1n) is 4.35. The van der Waals surface area contributed by atoms with E-state index in [1.807, 2.05) is 0 Å². The summed E-state index contributed by atoms with van der Waals surface area (Å²) in [4.78, 5) is 21.9. The van der Waals surface area contributed by atoms with Gasteiger partial charge in [-0.2, -0.15) is 25.3 Å². The van der Waals surface area contributed by atoms with Gasteiger partial charge in [0.2, 0.25) is 0 Å². The predicted octanol–water partition coefficient (Wildman–Crippen LogP) is 0.0310. The van der Waals surface area contributed by atoms with Crippen LogP contribution in [0, 0.1) is 0 Å². The van der Waals surface area contributed by atoms with Crippen LogP contribution in [0.25, 0.3) is 0 Å². The summed E-state index contributed by atoms with van der Waals surface area (Å²) in [5.41, 5.74) is 0. The Morgan fingerprint density at radius 2 is 1.47 bits per heavy atom. The van der Waals surface area contributed by atoms with Gasteiger partial charge in [0, 0.05) is 11.5 Å². The molecule has 0 aliphatic carbocycles. The van der Waals surface area contributed by atoms with Gasteiger partial charge < -0.3 is 14.6 Å². The van der Waals surface area contributed by atoms with Crippen molar-refractivity contribution in [2.45, 2.75) is 19.1 Å². The third kappa shape index (κ3) is 7.52. The van der Waals surface area contributed by atoms with Crippen LogP contribution in [-0.4, -0.2) is 41.4 Å². The molecule has 0 radical (unpaired) electrons. The highest BCUT2D eigenvalue weighted by atomic mass is 32.1. The van der Waals surface area contributed by atoms with Gasteiger partial charge in [0.1, 0.15) is 6.61 Å². The van der Waals surface area contributed by atoms with Gasteiger partial charge in [0.15, 0.2) is 0 Å². The van der Waals surface area contributed by atoms with E-state index in [0.717, 1.165) is 0 Å². The van der Waals surface area contributed by atoms with Crippen LogP contribution in [0.5, 0.6) is 0 Å². The van der Waals surface area contributed by atoms with E-state index < -0.39 is 24.8 Å². The highest BCUT2D eigenvalue weighted by molar-refractivity contribution is 7.80. The van der Waals surface area contributed by atoms with Crippen molar-refractivity contribution in [2.75, 3.05) is 18.1 Å². The van der Waals surface area contributed by atoms with Gasteiger partial charge in [-0.15, -0.1) is 0 Å². The molecule has 0 aliphatic rings. The van der Waals surface area contributed by atoms with E-state index in [-0.39, 0.29) is 12.8 Å². The Bertz CT molecular complexity index is 189. The first-order valence-corrected chi connectivity index (χ1v) is 5.62. The molecule has 0 fully saturated rings. The minimum Gasteiger partial charge on any atom is -0.423 e. The van der Waals surface area contributed by atoms with Crippen LogP contribution >= 0.6 is 25.3 Å². The quantitative estimate of drug-likeness (QED) is 0.340. The first-order chi connectivity index (χ1) is 7.13. The molecule has 88 valence electrons. The van der Waals surface area contributed by atoms with E-state index >= 15 is 0 Å². The van der Waals surface area contributed by atoms with Gasteiger partial charge in [-0.1, -0.05) is 0 Å². The summed E-state index contributed by atoms with van der Waals surface area (Å²) in [5, 5.41) is 8.77. The number of hydrogen-bond donors (Lipinski definition) is 3. The van der Waals surface area contributed by atoms with Crippen molar-refractivity contribution in [2.24, 2.45) is 0 Å². The SMILES string of the molecule is O=C(CCS)OC(CO)OC(=O)CCS. The monoisotopic (exact) mass is 254 g/mol. The molecule has 7 heteroatoms. The summed E-state index contributed by atoms with van der Waals surface area (Å²) in [6, 6.07) is 0. The minimum absolute atomic E-state index is 0.101. The summed E-state index contributed by atoms with van der Waals surface area (Å²) in [5.74, 6) is -0.464. The van der Waals surface area contributed by atoms with Gasteiger partial charge in [0.25, 0.3) is 6.29 Å². The van der Waals surface area contributed by atoms with E-state index in [2.05, 4.69) is 34.7 Å². The molecule has 0 atom stereocenters. The smallest absolute Gasteiger partial charge is 0.309 e. The first kappa shape index (κ1) is 14.6. The second-order valence-electron chi connectivity index (χ2n) is 2.54. The average molecular weight is 254 g/mol. The second-order valence-corrected chi connectivity index (χ2v) is 3.43. The minimum atomic E-state index is -1.23. The lowest BCUT2D eigenvalue weighted by atomic mass is 10.5. The molecule has 0 aromatic carbocycles. The zero-order chi connectivity index (χ0) is 11.7. The number of aliphatic hydroxyl groups is 1. The van der Waals surface area contributed by atoms with E-state index in [1.165, 1.54) is 0 Å². The normalized spacial score (nSPS) is 10.1. The topological polar surface area (TPSA) is 72.8 Å². The van der Waals surface area contributed by atoms with Crippen LogP contribution in [0.15, 0.2) is 0 Å². The Morgan fingerprint density at radius 1 is 1.07 bits per heavy atom. The Labute approximate surface area is 98.9 Å². The molecule has 5 nitrogen and oxygen atoms in total. The van der Waals surface area contributed by atoms with Crippen molar-refractivity contribution in [1.29, 1.82) is 0 Å². The van der Waals surface area contributed by atoms with E-state index in [1.54, 1.807) is 0 Å². The number of thiol groups is 2. The molecule has 0 bridgehead atoms. The van der Waals surface area contributed by atoms with Crippen molar-refractivity contribution in [3.05, 3.63) is 0 Å². The average Bonchev–Trinajstić information content (AvgIpc) is 2.17. The highest BCUT2D eigenvalue weighted by Crippen LogP contribution is 2.01. The van der Waals surface area contributed by atoms with Gasteiger partial charge in [-0.25, -0.2) is 0 Å². The van der Waals surface area contributed by atoms with Crippen molar-refractivity contribution < 1.29 is 24.2 Å². The molecule has 0 unspecified atom stereocenters. The molecule has 0 aromatic heterocycles. The van der Waals surface area contributed by atoms with Gasteiger partial charge in [-0.3, -0.25) is 9.59 Å². The molecule has 0 rings (SSSR count).